The number of aryl methyl sites for hydroxylation is 1. The number of aromatic amines is 1. The number of hydrogen-bond acceptors (Lipinski definition) is 4. The monoisotopic (exact) mass is 263 g/mol. The molecule has 19 heavy (non-hydrogen) atoms. The third-order valence-electron chi connectivity index (χ3n) is 3.12. The Morgan fingerprint density at radius 2 is 2.26 bits per heavy atom. The van der Waals surface area contributed by atoms with E-state index in [0.29, 0.717) is 6.61 Å². The van der Waals surface area contributed by atoms with Crippen LogP contribution in [0.4, 0.5) is 0 Å². The van der Waals surface area contributed by atoms with Crippen LogP contribution in [-0.4, -0.2) is 45.4 Å². The Hall–Kier alpha value is -1.66. The van der Waals surface area contributed by atoms with E-state index < -0.39 is 0 Å². The van der Waals surface area contributed by atoms with Gasteiger partial charge in [-0.2, -0.15) is 5.10 Å². The lowest BCUT2D eigenvalue weighted by Crippen LogP contribution is -2.21. The molecule has 0 aliphatic heterocycles. The van der Waals surface area contributed by atoms with Crippen molar-refractivity contribution in [1.82, 2.24) is 24.6 Å². The smallest absolute Gasteiger partial charge is 0.122 e. The van der Waals surface area contributed by atoms with Gasteiger partial charge in [0.15, 0.2) is 0 Å². The molecule has 0 spiro atoms. The molecule has 0 atom stereocenters. The lowest BCUT2D eigenvalue weighted by Gasteiger charge is -2.16. The Balaban J connectivity index is 1.93. The number of aromatic nitrogens is 4. The van der Waals surface area contributed by atoms with Crippen LogP contribution in [-0.2, 0) is 24.4 Å². The van der Waals surface area contributed by atoms with Crippen molar-refractivity contribution in [3.05, 3.63) is 35.7 Å². The van der Waals surface area contributed by atoms with Gasteiger partial charge in [-0.25, -0.2) is 4.98 Å². The zero-order chi connectivity index (χ0) is 13.7. The van der Waals surface area contributed by atoms with Gasteiger partial charge in [-0.1, -0.05) is 0 Å². The molecule has 2 heterocycles. The molecule has 104 valence electrons. The first-order valence-electron chi connectivity index (χ1n) is 6.37. The average Bonchev–Trinajstić information content (AvgIpc) is 2.97. The Morgan fingerprint density at radius 1 is 1.42 bits per heavy atom. The highest BCUT2D eigenvalue weighted by Crippen LogP contribution is 2.09. The summed E-state index contributed by atoms with van der Waals surface area (Å²) in [6.45, 7) is 5.24. The van der Waals surface area contributed by atoms with Crippen molar-refractivity contribution in [3.63, 3.8) is 0 Å². The Kier molecular flexibility index (Phi) is 4.70. The summed E-state index contributed by atoms with van der Waals surface area (Å²) in [7, 11) is 3.80. The highest BCUT2D eigenvalue weighted by molar-refractivity contribution is 5.14. The van der Waals surface area contributed by atoms with Crippen molar-refractivity contribution in [2.45, 2.75) is 26.6 Å². The standard InChI is InChI=1S/C13H21N5O/c1-11-12(8-15-16-11)9-17(2)10-13-14-4-5-18(13)6-7-19-3/h4-5,8H,6-7,9-10H2,1-3H3,(H,15,16). The fourth-order valence-electron chi connectivity index (χ4n) is 2.01. The van der Waals surface area contributed by atoms with Gasteiger partial charge >= 0.3 is 0 Å². The van der Waals surface area contributed by atoms with E-state index in [-0.39, 0.29) is 0 Å². The molecule has 0 unspecified atom stereocenters. The van der Waals surface area contributed by atoms with E-state index in [9.17, 15) is 0 Å². The van der Waals surface area contributed by atoms with Crippen LogP contribution in [0, 0.1) is 6.92 Å². The summed E-state index contributed by atoms with van der Waals surface area (Å²) >= 11 is 0. The summed E-state index contributed by atoms with van der Waals surface area (Å²) in [5.41, 5.74) is 2.34. The normalized spacial score (nSPS) is 11.4. The van der Waals surface area contributed by atoms with Crippen LogP contribution in [0.3, 0.4) is 0 Å². The van der Waals surface area contributed by atoms with Crippen molar-refractivity contribution in [2.75, 3.05) is 20.8 Å². The molecule has 1 N–H and O–H groups in total. The van der Waals surface area contributed by atoms with E-state index >= 15 is 0 Å². The maximum Gasteiger partial charge on any atom is 0.122 e. The third kappa shape index (κ3) is 3.65. The molecular formula is C13H21N5O. The first kappa shape index (κ1) is 13.8. The number of H-pyrrole nitrogens is 1. The summed E-state index contributed by atoms with van der Waals surface area (Å²) in [4.78, 5) is 6.63. The van der Waals surface area contributed by atoms with Crippen molar-refractivity contribution in [2.24, 2.45) is 0 Å². The molecule has 2 aromatic rings. The minimum Gasteiger partial charge on any atom is -0.383 e. The summed E-state index contributed by atoms with van der Waals surface area (Å²) in [6, 6.07) is 0. The molecule has 2 aromatic heterocycles. The Labute approximate surface area is 113 Å². The van der Waals surface area contributed by atoms with Gasteiger partial charge in [0.2, 0.25) is 0 Å². The molecule has 0 fully saturated rings. The average molecular weight is 263 g/mol. The van der Waals surface area contributed by atoms with Crippen LogP contribution < -0.4 is 0 Å². The molecule has 6 nitrogen and oxygen atoms in total. The van der Waals surface area contributed by atoms with Crippen molar-refractivity contribution >= 4 is 0 Å². The summed E-state index contributed by atoms with van der Waals surface area (Å²) in [6.07, 6.45) is 5.70. The quantitative estimate of drug-likeness (QED) is 0.815. The van der Waals surface area contributed by atoms with E-state index in [1.807, 2.05) is 25.5 Å². The van der Waals surface area contributed by atoms with Crippen LogP contribution in [0.25, 0.3) is 0 Å². The fourth-order valence-corrected chi connectivity index (χ4v) is 2.01. The highest BCUT2D eigenvalue weighted by atomic mass is 16.5. The van der Waals surface area contributed by atoms with E-state index in [2.05, 4.69) is 31.7 Å². The fraction of sp³-hybridized carbons (Fsp3) is 0.538. The number of hydrogen-bond donors (Lipinski definition) is 1. The van der Waals surface area contributed by atoms with E-state index in [1.54, 1.807) is 7.11 Å². The number of nitrogens with zero attached hydrogens (tertiary/aromatic N) is 4. The van der Waals surface area contributed by atoms with Crippen LogP contribution in [0.15, 0.2) is 18.6 Å². The predicted molar refractivity (Wildman–Crippen MR) is 72.6 cm³/mol. The Morgan fingerprint density at radius 3 is 2.95 bits per heavy atom. The summed E-state index contributed by atoms with van der Waals surface area (Å²) in [5.74, 6) is 1.06. The van der Waals surface area contributed by atoms with Crippen LogP contribution in [0.2, 0.25) is 0 Å². The topological polar surface area (TPSA) is 59.0 Å². The molecule has 0 bridgehead atoms. The minimum absolute atomic E-state index is 0.702. The number of nitrogens with one attached hydrogen (secondary N) is 1. The van der Waals surface area contributed by atoms with Gasteiger partial charge in [-0.15, -0.1) is 0 Å². The second kappa shape index (κ2) is 6.49. The zero-order valence-electron chi connectivity index (χ0n) is 11.8. The second-order valence-corrected chi connectivity index (χ2v) is 4.72. The van der Waals surface area contributed by atoms with Crippen molar-refractivity contribution in [1.29, 1.82) is 0 Å². The Bertz CT molecular complexity index is 505. The molecule has 0 amide bonds. The van der Waals surface area contributed by atoms with Gasteiger partial charge in [0.05, 0.1) is 19.3 Å². The maximum absolute atomic E-state index is 5.10. The van der Waals surface area contributed by atoms with E-state index in [0.717, 1.165) is 31.2 Å². The third-order valence-corrected chi connectivity index (χ3v) is 3.12. The molecule has 6 heteroatoms. The van der Waals surface area contributed by atoms with Crippen molar-refractivity contribution in [3.8, 4) is 0 Å². The predicted octanol–water partition coefficient (Wildman–Crippen LogP) is 1.19. The van der Waals surface area contributed by atoms with Crippen LogP contribution >= 0.6 is 0 Å². The van der Waals surface area contributed by atoms with Gasteiger partial charge in [-0.05, 0) is 14.0 Å². The maximum atomic E-state index is 5.10. The van der Waals surface area contributed by atoms with E-state index in [4.69, 9.17) is 4.74 Å². The first-order chi connectivity index (χ1) is 9.20. The van der Waals surface area contributed by atoms with Gasteiger partial charge in [0, 0.05) is 43.9 Å². The number of imidazole rings is 1. The molecular weight excluding hydrogens is 242 g/mol. The van der Waals surface area contributed by atoms with E-state index in [1.165, 1.54) is 5.56 Å². The highest BCUT2D eigenvalue weighted by Gasteiger charge is 2.09. The number of methoxy groups -OCH3 is 1. The first-order valence-corrected chi connectivity index (χ1v) is 6.37. The van der Waals surface area contributed by atoms with Crippen LogP contribution in [0.1, 0.15) is 17.1 Å². The molecule has 0 aromatic carbocycles. The molecule has 0 radical (unpaired) electrons. The van der Waals surface area contributed by atoms with Gasteiger partial charge in [0.25, 0.3) is 0 Å². The molecule has 0 saturated heterocycles. The number of rotatable bonds is 7. The molecule has 0 aliphatic rings. The van der Waals surface area contributed by atoms with Gasteiger partial charge in [-0.3, -0.25) is 10.00 Å². The van der Waals surface area contributed by atoms with Crippen molar-refractivity contribution < 1.29 is 4.74 Å². The zero-order valence-corrected chi connectivity index (χ0v) is 11.8. The summed E-state index contributed by atoms with van der Waals surface area (Å²) in [5, 5.41) is 7.00. The van der Waals surface area contributed by atoms with Crippen LogP contribution in [0.5, 0.6) is 0 Å². The largest absolute Gasteiger partial charge is 0.383 e. The molecule has 0 aliphatic carbocycles. The number of ether oxygens (including phenoxy) is 1. The SMILES string of the molecule is COCCn1ccnc1CN(C)Cc1cn[nH]c1C. The minimum atomic E-state index is 0.702. The lowest BCUT2D eigenvalue weighted by molar-refractivity contribution is 0.184. The second-order valence-electron chi connectivity index (χ2n) is 4.72. The summed E-state index contributed by atoms with van der Waals surface area (Å²) < 4.78 is 7.23. The molecule has 2 rings (SSSR count). The molecule has 0 saturated carbocycles. The van der Waals surface area contributed by atoms with Gasteiger partial charge in [0.1, 0.15) is 5.82 Å². The lowest BCUT2D eigenvalue weighted by atomic mass is 10.2. The van der Waals surface area contributed by atoms with Gasteiger partial charge < -0.3 is 9.30 Å².